The van der Waals surface area contributed by atoms with E-state index < -0.39 is 17.9 Å². The van der Waals surface area contributed by atoms with Crippen molar-refractivity contribution >= 4 is 17.9 Å². The molecular formula is C2H11N4O4PS. The molecule has 0 aliphatic heterocycles. The largest absolute Gasteiger partial charge is 0.346 e. The number of nitrogens with two attached hydrogens (primary N) is 2. The molecule has 6 N–H and O–H groups in total. The summed E-state index contributed by atoms with van der Waals surface area (Å²) in [5, 5.41) is 0. The summed E-state index contributed by atoms with van der Waals surface area (Å²) in [5.74, 6) is 0. The van der Waals surface area contributed by atoms with Gasteiger partial charge in [-0.25, -0.2) is 0 Å². The minimum atomic E-state index is -4.47. The Labute approximate surface area is 70.3 Å². The maximum atomic E-state index is 10.9. The van der Waals surface area contributed by atoms with E-state index in [0.717, 1.165) is 0 Å². The Bertz CT molecular complexity index is 281. The number of hydrogen-bond donors (Lipinski definition) is 4. The molecule has 8 nitrogen and oxygen atoms in total. The molecule has 0 fully saturated rings. The van der Waals surface area contributed by atoms with Crippen LogP contribution in [0.5, 0.6) is 0 Å². The van der Waals surface area contributed by atoms with Crippen LogP contribution >= 0.6 is 7.59 Å². The van der Waals surface area contributed by atoms with Gasteiger partial charge >= 0.3 is 10.3 Å². The monoisotopic (exact) mass is 218 g/mol. The number of hydrogen-bond acceptors (Lipinski definition) is 3. The molecule has 0 aliphatic rings. The van der Waals surface area contributed by atoms with E-state index in [1.807, 2.05) is 0 Å². The highest BCUT2D eigenvalue weighted by Gasteiger charge is 2.23. The second-order valence-corrected chi connectivity index (χ2v) is 4.92. The van der Waals surface area contributed by atoms with Crippen LogP contribution in [-0.4, -0.2) is 24.3 Å². The molecule has 0 spiro atoms. The third-order valence-corrected chi connectivity index (χ3v) is 2.62. The van der Waals surface area contributed by atoms with Gasteiger partial charge in [-0.2, -0.15) is 13.2 Å². The van der Waals surface area contributed by atoms with Gasteiger partial charge in [0.1, 0.15) is 0 Å². The van der Waals surface area contributed by atoms with E-state index in [0.29, 0.717) is 4.78 Å². The Morgan fingerprint density at radius 2 is 2.00 bits per heavy atom. The van der Waals surface area contributed by atoms with Gasteiger partial charge in [-0.05, 0) is 0 Å². The van der Waals surface area contributed by atoms with Crippen molar-refractivity contribution in [3.8, 4) is 0 Å². The zero-order valence-corrected chi connectivity index (χ0v) is 8.05. The summed E-state index contributed by atoms with van der Waals surface area (Å²) in [6.07, 6.45) is 0. The number of nitrogens with one attached hydrogen (secondary N) is 1. The van der Waals surface area contributed by atoms with Gasteiger partial charge in [0, 0.05) is 6.54 Å². The lowest BCUT2D eigenvalue weighted by Gasteiger charge is -2.21. The Morgan fingerprint density at radius 1 is 1.58 bits per heavy atom. The molecule has 10 heteroatoms. The Morgan fingerprint density at radius 3 is 2.08 bits per heavy atom. The quantitative estimate of drug-likeness (QED) is 0.259. The van der Waals surface area contributed by atoms with Crippen molar-refractivity contribution in [2.24, 2.45) is 11.0 Å². The molecule has 0 bridgehead atoms. The van der Waals surface area contributed by atoms with Crippen molar-refractivity contribution in [1.82, 2.24) is 9.61 Å². The van der Waals surface area contributed by atoms with Gasteiger partial charge in [-0.15, -0.1) is 4.83 Å². The molecule has 0 heterocycles. The molecule has 0 rings (SSSR count). The van der Waals surface area contributed by atoms with Crippen molar-refractivity contribution in [1.29, 1.82) is 0 Å². The van der Waals surface area contributed by atoms with Gasteiger partial charge in [0.25, 0.3) is 7.59 Å². The average molecular weight is 218 g/mol. The molecule has 0 radical (unpaired) electrons. The smallest absolute Gasteiger partial charge is 0.273 e. The zero-order chi connectivity index (χ0) is 9.99. The lowest BCUT2D eigenvalue weighted by atomic mass is 10.8. The highest BCUT2D eigenvalue weighted by atomic mass is 32.2. The minimum absolute atomic E-state index is 0.0237. The van der Waals surface area contributed by atoms with Crippen molar-refractivity contribution in [2.45, 2.75) is 6.92 Å². The average Bonchev–Trinajstić information content (AvgIpc) is 1.78. The third-order valence-electron chi connectivity index (χ3n) is 0.898. The fraction of sp³-hybridized carbons (Fsp3) is 1.00. The molecule has 0 saturated heterocycles. The molecule has 12 heavy (non-hydrogen) atoms. The molecule has 0 atom stereocenters. The van der Waals surface area contributed by atoms with Crippen LogP contribution in [0.25, 0.3) is 0 Å². The SMILES string of the molecule is CCN(NS(=O)(=O)O)P(N)(N)=O. The maximum Gasteiger partial charge on any atom is 0.346 e. The van der Waals surface area contributed by atoms with Gasteiger partial charge < -0.3 is 0 Å². The number of hydrazine groups is 1. The predicted molar refractivity (Wildman–Crippen MR) is 43.0 cm³/mol. The van der Waals surface area contributed by atoms with Crippen LogP contribution in [0.3, 0.4) is 0 Å². The first-order valence-electron chi connectivity index (χ1n) is 2.87. The van der Waals surface area contributed by atoms with E-state index in [1.54, 1.807) is 0 Å². The summed E-state index contributed by atoms with van der Waals surface area (Å²) in [7, 11) is -8.16. The van der Waals surface area contributed by atoms with Gasteiger partial charge in [0.05, 0.1) is 0 Å². The van der Waals surface area contributed by atoms with Gasteiger partial charge in [0.15, 0.2) is 0 Å². The summed E-state index contributed by atoms with van der Waals surface area (Å²) in [5.41, 5.74) is 9.84. The highest BCUT2D eigenvalue weighted by molar-refractivity contribution is 7.84. The fourth-order valence-electron chi connectivity index (χ4n) is 0.483. The molecule has 0 aromatic heterocycles. The molecular weight excluding hydrogens is 207 g/mol. The second kappa shape index (κ2) is 3.79. The molecule has 74 valence electrons. The second-order valence-electron chi connectivity index (χ2n) is 1.95. The summed E-state index contributed by atoms with van der Waals surface area (Å²) in [6, 6.07) is 0. The Kier molecular flexibility index (Phi) is 3.79. The van der Waals surface area contributed by atoms with E-state index in [4.69, 9.17) is 15.6 Å². The highest BCUT2D eigenvalue weighted by Crippen LogP contribution is 2.28. The van der Waals surface area contributed by atoms with Crippen molar-refractivity contribution < 1.29 is 17.5 Å². The lowest BCUT2D eigenvalue weighted by molar-refractivity contribution is 0.360. The van der Waals surface area contributed by atoms with Gasteiger partial charge in [-0.1, -0.05) is 6.92 Å². The fourth-order valence-corrected chi connectivity index (χ4v) is 2.14. The number of nitrogens with zero attached hydrogens (tertiary/aromatic N) is 1. The van der Waals surface area contributed by atoms with E-state index in [9.17, 15) is 13.0 Å². The molecule has 0 unspecified atom stereocenters. The topological polar surface area (TPSA) is 139 Å². The lowest BCUT2D eigenvalue weighted by Crippen LogP contribution is -2.43. The van der Waals surface area contributed by atoms with E-state index >= 15 is 0 Å². The first-order valence-corrected chi connectivity index (χ1v) is 6.10. The standard InChI is InChI=1S/C2H11N4O4PS/c1-2-6(11(3,4)7)5-12(8,9)10/h5H,2H2,1H3,(H4,3,4,7)(H,8,9,10). The van der Waals surface area contributed by atoms with Gasteiger partial charge in [-0.3, -0.25) is 20.1 Å². The van der Waals surface area contributed by atoms with E-state index in [-0.39, 0.29) is 6.54 Å². The number of rotatable bonds is 4. The van der Waals surface area contributed by atoms with Crippen molar-refractivity contribution in [2.75, 3.05) is 6.54 Å². The van der Waals surface area contributed by atoms with Crippen LogP contribution in [0.4, 0.5) is 0 Å². The van der Waals surface area contributed by atoms with Crippen LogP contribution < -0.4 is 15.8 Å². The molecule has 0 saturated carbocycles. The van der Waals surface area contributed by atoms with Gasteiger partial charge in [0.2, 0.25) is 0 Å². The summed E-state index contributed by atoms with van der Waals surface area (Å²) < 4.78 is 40.1. The maximum absolute atomic E-state index is 10.9. The van der Waals surface area contributed by atoms with Crippen LogP contribution in [0.15, 0.2) is 0 Å². The summed E-state index contributed by atoms with van der Waals surface area (Å²) >= 11 is 0. The normalized spacial score (nSPS) is 13.8. The van der Waals surface area contributed by atoms with Crippen molar-refractivity contribution in [3.05, 3.63) is 0 Å². The Hall–Kier alpha value is -0.0200. The summed E-state index contributed by atoms with van der Waals surface area (Å²) in [4.78, 5) is 1.49. The molecule has 0 aromatic rings. The zero-order valence-electron chi connectivity index (χ0n) is 6.34. The van der Waals surface area contributed by atoms with Crippen molar-refractivity contribution in [3.63, 3.8) is 0 Å². The van der Waals surface area contributed by atoms with Crippen LogP contribution in [0, 0.1) is 0 Å². The molecule has 0 aromatic carbocycles. The predicted octanol–water partition coefficient (Wildman–Crippen LogP) is -1.36. The van der Waals surface area contributed by atoms with Crippen LogP contribution in [0.1, 0.15) is 6.92 Å². The van der Waals surface area contributed by atoms with E-state index in [2.05, 4.69) is 0 Å². The first-order chi connectivity index (χ1) is 5.17. The molecule has 0 amide bonds. The van der Waals surface area contributed by atoms with E-state index in [1.165, 1.54) is 11.8 Å². The molecule has 0 aliphatic carbocycles. The van der Waals surface area contributed by atoms with Crippen LogP contribution in [-0.2, 0) is 14.9 Å². The van der Waals surface area contributed by atoms with Crippen LogP contribution in [0.2, 0.25) is 0 Å². The Balaban J connectivity index is 4.52. The minimum Gasteiger partial charge on any atom is -0.273 e. The third kappa shape index (κ3) is 4.78. The first kappa shape index (κ1) is 12.0. The summed E-state index contributed by atoms with van der Waals surface area (Å²) in [6.45, 7) is 1.44.